The number of ether oxygens (including phenoxy) is 1. The van der Waals surface area contributed by atoms with Crippen molar-refractivity contribution in [1.29, 1.82) is 0 Å². The first-order valence-electron chi connectivity index (χ1n) is 11.8. The second kappa shape index (κ2) is 9.28. The molecule has 4 nitrogen and oxygen atoms in total. The van der Waals surface area contributed by atoms with Gasteiger partial charge in [0.05, 0.1) is 6.61 Å². The highest BCUT2D eigenvalue weighted by Gasteiger charge is 2.23. The molecule has 4 rings (SSSR count). The predicted octanol–water partition coefficient (Wildman–Crippen LogP) is 6.26. The van der Waals surface area contributed by atoms with Gasteiger partial charge in [0.15, 0.2) is 0 Å². The Labute approximate surface area is 180 Å². The Kier molecular flexibility index (Phi) is 6.50. The largest absolute Gasteiger partial charge is 0.493 e. The Morgan fingerprint density at radius 1 is 1.17 bits per heavy atom. The molecule has 0 saturated heterocycles. The van der Waals surface area contributed by atoms with E-state index in [0.29, 0.717) is 12.6 Å². The van der Waals surface area contributed by atoms with Crippen molar-refractivity contribution < 1.29 is 13.9 Å². The minimum absolute atomic E-state index is 0.00817. The summed E-state index contributed by atoms with van der Waals surface area (Å²) in [5.41, 5.74) is 5.28. The fourth-order valence-corrected chi connectivity index (χ4v) is 5.10. The summed E-state index contributed by atoms with van der Waals surface area (Å²) in [5.74, 6) is 1.98. The van der Waals surface area contributed by atoms with E-state index in [4.69, 9.17) is 9.15 Å². The Hall–Kier alpha value is -2.23. The zero-order chi connectivity index (χ0) is 21.1. The van der Waals surface area contributed by atoms with Crippen molar-refractivity contribution in [3.8, 4) is 5.75 Å². The molecule has 1 N–H and O–H groups in total. The molecule has 30 heavy (non-hydrogen) atoms. The molecule has 0 spiro atoms. The molecule has 1 heterocycles. The number of fused-ring (bicyclic) bond motifs is 3. The lowest BCUT2D eigenvalue weighted by atomic mass is 9.93. The summed E-state index contributed by atoms with van der Waals surface area (Å²) in [5, 5.41) is 4.43. The fourth-order valence-electron chi connectivity index (χ4n) is 5.10. The highest BCUT2D eigenvalue weighted by molar-refractivity contribution is 5.98. The Morgan fingerprint density at radius 3 is 2.63 bits per heavy atom. The van der Waals surface area contributed by atoms with Gasteiger partial charge in [0, 0.05) is 40.6 Å². The third-order valence-corrected chi connectivity index (χ3v) is 6.69. The molecule has 0 unspecified atom stereocenters. The quantitative estimate of drug-likeness (QED) is 0.468. The van der Waals surface area contributed by atoms with E-state index in [0.717, 1.165) is 59.5 Å². The minimum Gasteiger partial charge on any atom is -0.493 e. The van der Waals surface area contributed by atoms with E-state index in [-0.39, 0.29) is 5.91 Å². The maximum atomic E-state index is 12.8. The van der Waals surface area contributed by atoms with E-state index in [1.165, 1.54) is 49.5 Å². The molecule has 1 aromatic carbocycles. The van der Waals surface area contributed by atoms with Crippen molar-refractivity contribution in [3.63, 3.8) is 0 Å². The molecule has 1 amide bonds. The molecule has 2 aromatic rings. The highest BCUT2D eigenvalue weighted by Crippen LogP contribution is 2.41. The van der Waals surface area contributed by atoms with Crippen molar-refractivity contribution in [1.82, 2.24) is 5.32 Å². The number of furan rings is 1. The van der Waals surface area contributed by atoms with Crippen LogP contribution in [0.15, 0.2) is 16.6 Å². The molecule has 2 aliphatic rings. The first-order valence-corrected chi connectivity index (χ1v) is 11.8. The van der Waals surface area contributed by atoms with Gasteiger partial charge in [-0.25, -0.2) is 0 Å². The molecule has 1 aromatic heterocycles. The second-order valence-corrected chi connectivity index (χ2v) is 8.92. The molecule has 0 bridgehead atoms. The third-order valence-electron chi connectivity index (χ3n) is 6.69. The summed E-state index contributed by atoms with van der Waals surface area (Å²) in [4.78, 5) is 12.8. The highest BCUT2D eigenvalue weighted by atomic mass is 16.5. The van der Waals surface area contributed by atoms with Gasteiger partial charge in [0.2, 0.25) is 5.91 Å². The lowest BCUT2D eigenvalue weighted by Crippen LogP contribution is -2.33. The maximum Gasteiger partial charge on any atom is 0.244 e. The zero-order valence-corrected chi connectivity index (χ0v) is 18.7. The van der Waals surface area contributed by atoms with Gasteiger partial charge in [-0.1, -0.05) is 25.7 Å². The fraction of sp³-hybridized carbons (Fsp3) is 0.577. The van der Waals surface area contributed by atoms with E-state index in [1.54, 1.807) is 6.08 Å². The van der Waals surface area contributed by atoms with Crippen molar-refractivity contribution in [3.05, 3.63) is 34.6 Å². The smallest absolute Gasteiger partial charge is 0.244 e. The molecular formula is C26H35NO3. The number of rotatable bonds is 5. The van der Waals surface area contributed by atoms with Crippen LogP contribution in [0.3, 0.4) is 0 Å². The van der Waals surface area contributed by atoms with Gasteiger partial charge in [-0.15, -0.1) is 0 Å². The van der Waals surface area contributed by atoms with Gasteiger partial charge < -0.3 is 14.5 Å². The SMILES string of the molecule is CCOc1c(/C(C)=C/C(=O)NC2CCCCCC2)cc2c3c(oc2c1C)CCCC3. The number of allylic oxidation sites excluding steroid dienone is 1. The van der Waals surface area contributed by atoms with Crippen LogP contribution in [0.1, 0.15) is 87.7 Å². The van der Waals surface area contributed by atoms with E-state index in [2.05, 4.69) is 18.3 Å². The number of amides is 1. The first-order chi connectivity index (χ1) is 14.6. The van der Waals surface area contributed by atoms with E-state index in [9.17, 15) is 4.79 Å². The molecule has 0 aliphatic heterocycles. The summed E-state index contributed by atoms with van der Waals surface area (Å²) < 4.78 is 12.3. The molecule has 1 fully saturated rings. The lowest BCUT2D eigenvalue weighted by Gasteiger charge is -2.17. The molecular weight excluding hydrogens is 374 g/mol. The van der Waals surface area contributed by atoms with Crippen molar-refractivity contribution in [2.75, 3.05) is 6.61 Å². The topological polar surface area (TPSA) is 51.5 Å². The summed E-state index contributed by atoms with van der Waals surface area (Å²) in [7, 11) is 0. The number of nitrogens with one attached hydrogen (secondary N) is 1. The predicted molar refractivity (Wildman–Crippen MR) is 122 cm³/mol. The Balaban J connectivity index is 1.67. The van der Waals surface area contributed by atoms with Crippen molar-refractivity contribution >= 4 is 22.4 Å². The van der Waals surface area contributed by atoms with E-state index in [1.807, 2.05) is 13.8 Å². The number of carbonyl (C=O) groups is 1. The lowest BCUT2D eigenvalue weighted by molar-refractivity contribution is -0.117. The summed E-state index contributed by atoms with van der Waals surface area (Å²) in [6.07, 6.45) is 13.4. The van der Waals surface area contributed by atoms with Gasteiger partial charge in [-0.05, 0) is 64.5 Å². The van der Waals surface area contributed by atoms with Gasteiger partial charge in [-0.2, -0.15) is 0 Å². The van der Waals surface area contributed by atoms with Gasteiger partial charge in [0.1, 0.15) is 17.1 Å². The molecule has 4 heteroatoms. The Morgan fingerprint density at radius 2 is 1.90 bits per heavy atom. The van der Waals surface area contributed by atoms with Gasteiger partial charge in [-0.3, -0.25) is 4.79 Å². The maximum absolute atomic E-state index is 12.8. The van der Waals surface area contributed by atoms with E-state index < -0.39 is 0 Å². The van der Waals surface area contributed by atoms with Gasteiger partial charge in [0.25, 0.3) is 0 Å². The van der Waals surface area contributed by atoms with Crippen LogP contribution >= 0.6 is 0 Å². The van der Waals surface area contributed by atoms with Gasteiger partial charge >= 0.3 is 0 Å². The first kappa shape index (κ1) is 21.0. The monoisotopic (exact) mass is 409 g/mol. The third kappa shape index (κ3) is 4.28. The van der Waals surface area contributed by atoms with Crippen LogP contribution in [0.5, 0.6) is 5.75 Å². The number of aryl methyl sites for hydroxylation is 3. The molecule has 2 aliphatic carbocycles. The van der Waals surface area contributed by atoms with Crippen LogP contribution in [0.25, 0.3) is 16.5 Å². The second-order valence-electron chi connectivity index (χ2n) is 8.92. The van der Waals surface area contributed by atoms with Crippen molar-refractivity contribution in [2.24, 2.45) is 0 Å². The Bertz CT molecular complexity index is 945. The summed E-state index contributed by atoms with van der Waals surface area (Å²) in [6, 6.07) is 2.49. The number of benzene rings is 1. The molecule has 0 radical (unpaired) electrons. The average molecular weight is 410 g/mol. The number of hydrogen-bond acceptors (Lipinski definition) is 3. The summed E-state index contributed by atoms with van der Waals surface area (Å²) >= 11 is 0. The summed E-state index contributed by atoms with van der Waals surface area (Å²) in [6.45, 7) is 6.67. The van der Waals surface area contributed by atoms with Crippen LogP contribution in [0, 0.1) is 6.92 Å². The van der Waals surface area contributed by atoms with Crippen LogP contribution in [-0.4, -0.2) is 18.6 Å². The normalized spacial score (nSPS) is 18.2. The van der Waals surface area contributed by atoms with Crippen LogP contribution in [-0.2, 0) is 17.6 Å². The van der Waals surface area contributed by atoms with E-state index >= 15 is 0 Å². The van der Waals surface area contributed by atoms with Crippen LogP contribution < -0.4 is 10.1 Å². The molecule has 0 atom stereocenters. The minimum atomic E-state index is 0.00817. The zero-order valence-electron chi connectivity index (χ0n) is 18.7. The number of carbonyl (C=O) groups excluding carboxylic acids is 1. The van der Waals surface area contributed by atoms with Crippen LogP contribution in [0.2, 0.25) is 0 Å². The standard InChI is InChI=1S/C26H35NO3/c1-4-29-25-18(3)26-22(20-13-9-10-14-23(20)30-26)16-21(25)17(2)15-24(28)27-19-11-7-5-6-8-12-19/h15-16,19H,4-14H2,1-3H3,(H,27,28)/b17-15+. The van der Waals surface area contributed by atoms with Crippen LogP contribution in [0.4, 0.5) is 0 Å². The molecule has 162 valence electrons. The number of hydrogen-bond donors (Lipinski definition) is 1. The van der Waals surface area contributed by atoms with Crippen molar-refractivity contribution in [2.45, 2.75) is 91.0 Å². The average Bonchev–Trinajstić information content (AvgIpc) is 2.91. The molecule has 1 saturated carbocycles.